The van der Waals surface area contributed by atoms with Gasteiger partial charge in [0.2, 0.25) is 11.8 Å². The van der Waals surface area contributed by atoms with E-state index in [1.54, 1.807) is 54.6 Å². The molecule has 33 heavy (non-hydrogen) atoms. The molecule has 0 saturated heterocycles. The fourth-order valence-electron chi connectivity index (χ4n) is 3.16. The Morgan fingerprint density at radius 2 is 1.64 bits per heavy atom. The Bertz CT molecular complexity index is 1170. The number of benzene rings is 3. The summed E-state index contributed by atoms with van der Waals surface area (Å²) in [6, 6.07) is 19.4. The highest BCUT2D eigenvalue weighted by Crippen LogP contribution is 2.23. The molecule has 3 aromatic rings. The molecular formula is C25H24FN3O4. The summed E-state index contributed by atoms with van der Waals surface area (Å²) in [6.07, 6.45) is -0.238. The second-order valence-electron chi connectivity index (χ2n) is 7.18. The normalized spacial score (nSPS) is 10.3. The molecule has 0 heterocycles. The van der Waals surface area contributed by atoms with Crippen LogP contribution in [0.15, 0.2) is 72.8 Å². The SMILES string of the molecule is COc1cccc(NC(=O)c2ccccc2N(C)C(=O)CCC(=O)Nc2ccccc2F)c1. The molecular weight excluding hydrogens is 425 g/mol. The second-order valence-corrected chi connectivity index (χ2v) is 7.18. The lowest BCUT2D eigenvalue weighted by atomic mass is 10.1. The van der Waals surface area contributed by atoms with Crippen LogP contribution < -0.4 is 20.3 Å². The molecule has 0 radical (unpaired) electrons. The van der Waals surface area contributed by atoms with Crippen molar-refractivity contribution in [3.05, 3.63) is 84.2 Å². The fourth-order valence-corrected chi connectivity index (χ4v) is 3.16. The Morgan fingerprint density at radius 3 is 2.39 bits per heavy atom. The van der Waals surface area contributed by atoms with Crippen LogP contribution in [0.25, 0.3) is 0 Å². The van der Waals surface area contributed by atoms with E-state index in [0.717, 1.165) is 0 Å². The molecule has 0 spiro atoms. The molecule has 7 nitrogen and oxygen atoms in total. The highest BCUT2D eigenvalue weighted by Gasteiger charge is 2.19. The Balaban J connectivity index is 1.65. The molecule has 3 amide bonds. The molecule has 0 aromatic heterocycles. The number of nitrogens with zero attached hydrogens (tertiary/aromatic N) is 1. The van der Waals surface area contributed by atoms with Crippen LogP contribution in [0.1, 0.15) is 23.2 Å². The van der Waals surface area contributed by atoms with Crippen molar-refractivity contribution in [3.63, 3.8) is 0 Å². The molecule has 8 heteroatoms. The zero-order valence-corrected chi connectivity index (χ0v) is 18.3. The number of rotatable bonds is 8. The molecule has 0 aliphatic rings. The minimum atomic E-state index is -0.551. The zero-order chi connectivity index (χ0) is 23.8. The molecule has 0 aliphatic heterocycles. The first kappa shape index (κ1) is 23.5. The third-order valence-corrected chi connectivity index (χ3v) is 4.93. The summed E-state index contributed by atoms with van der Waals surface area (Å²) < 4.78 is 18.9. The van der Waals surface area contributed by atoms with E-state index in [9.17, 15) is 18.8 Å². The Hall–Kier alpha value is -4.20. The van der Waals surface area contributed by atoms with Gasteiger partial charge in [0.05, 0.1) is 24.0 Å². The van der Waals surface area contributed by atoms with Crippen LogP contribution >= 0.6 is 0 Å². The predicted octanol–water partition coefficient (Wildman–Crippen LogP) is 4.47. The maximum absolute atomic E-state index is 13.7. The summed E-state index contributed by atoms with van der Waals surface area (Å²) in [4.78, 5) is 39.0. The molecule has 0 unspecified atom stereocenters. The van der Waals surface area contributed by atoms with Gasteiger partial charge in [0.15, 0.2) is 0 Å². The van der Waals surface area contributed by atoms with Gasteiger partial charge in [0, 0.05) is 31.6 Å². The van der Waals surface area contributed by atoms with Crippen LogP contribution in [0.4, 0.5) is 21.5 Å². The quantitative estimate of drug-likeness (QED) is 0.531. The zero-order valence-electron chi connectivity index (χ0n) is 18.3. The van der Waals surface area contributed by atoms with Gasteiger partial charge in [0.1, 0.15) is 11.6 Å². The molecule has 0 aliphatic carbocycles. The monoisotopic (exact) mass is 449 g/mol. The molecule has 3 aromatic carbocycles. The van der Waals surface area contributed by atoms with Crippen molar-refractivity contribution >= 4 is 34.8 Å². The van der Waals surface area contributed by atoms with E-state index >= 15 is 0 Å². The maximum Gasteiger partial charge on any atom is 0.257 e. The van der Waals surface area contributed by atoms with Gasteiger partial charge in [-0.1, -0.05) is 30.3 Å². The van der Waals surface area contributed by atoms with E-state index in [1.807, 2.05) is 0 Å². The molecule has 3 rings (SSSR count). The molecule has 0 fully saturated rings. The van der Waals surface area contributed by atoms with Crippen molar-refractivity contribution in [2.45, 2.75) is 12.8 Å². The number of methoxy groups -OCH3 is 1. The van der Waals surface area contributed by atoms with Crippen LogP contribution in [0.5, 0.6) is 5.75 Å². The number of anilines is 3. The number of ether oxygens (including phenoxy) is 1. The summed E-state index contributed by atoms with van der Waals surface area (Å²) in [5.74, 6) is -1.19. The average Bonchev–Trinajstić information content (AvgIpc) is 2.83. The van der Waals surface area contributed by atoms with Gasteiger partial charge in [-0.15, -0.1) is 0 Å². The third kappa shape index (κ3) is 6.16. The van der Waals surface area contributed by atoms with Crippen LogP contribution in [0.2, 0.25) is 0 Å². The number of para-hydroxylation sites is 2. The Labute approximate surface area is 191 Å². The van der Waals surface area contributed by atoms with Gasteiger partial charge >= 0.3 is 0 Å². The minimum Gasteiger partial charge on any atom is -0.497 e. The number of carbonyl (C=O) groups excluding carboxylic acids is 3. The van der Waals surface area contributed by atoms with Crippen molar-refractivity contribution in [2.75, 3.05) is 29.7 Å². The average molecular weight is 449 g/mol. The van der Waals surface area contributed by atoms with Gasteiger partial charge in [-0.2, -0.15) is 0 Å². The van der Waals surface area contributed by atoms with Crippen LogP contribution in [0.3, 0.4) is 0 Å². The first-order valence-corrected chi connectivity index (χ1v) is 10.2. The molecule has 170 valence electrons. The molecule has 2 N–H and O–H groups in total. The van der Waals surface area contributed by atoms with Gasteiger partial charge < -0.3 is 20.3 Å². The summed E-state index contributed by atoms with van der Waals surface area (Å²) in [5, 5.41) is 5.24. The number of halogens is 1. The van der Waals surface area contributed by atoms with Crippen molar-refractivity contribution in [1.29, 1.82) is 0 Å². The number of hydrogen-bond donors (Lipinski definition) is 2. The minimum absolute atomic E-state index is 0.0582. The Kier molecular flexibility index (Phi) is 7.75. The lowest BCUT2D eigenvalue weighted by molar-refractivity contribution is -0.122. The lowest BCUT2D eigenvalue weighted by Crippen LogP contribution is -2.29. The molecule has 0 bridgehead atoms. The van der Waals surface area contributed by atoms with E-state index in [1.165, 1.54) is 37.3 Å². The van der Waals surface area contributed by atoms with Gasteiger partial charge in [-0.3, -0.25) is 14.4 Å². The van der Waals surface area contributed by atoms with Crippen LogP contribution in [0, 0.1) is 5.82 Å². The van der Waals surface area contributed by atoms with Crippen molar-refractivity contribution in [2.24, 2.45) is 0 Å². The number of carbonyl (C=O) groups is 3. The van der Waals surface area contributed by atoms with E-state index in [-0.39, 0.29) is 24.4 Å². The Morgan fingerprint density at radius 1 is 0.909 bits per heavy atom. The maximum atomic E-state index is 13.7. The first-order valence-electron chi connectivity index (χ1n) is 10.2. The highest BCUT2D eigenvalue weighted by molar-refractivity contribution is 6.10. The third-order valence-electron chi connectivity index (χ3n) is 4.93. The van der Waals surface area contributed by atoms with Gasteiger partial charge in [0.25, 0.3) is 5.91 Å². The second kappa shape index (κ2) is 10.9. The van der Waals surface area contributed by atoms with E-state index in [4.69, 9.17) is 4.74 Å². The van der Waals surface area contributed by atoms with Gasteiger partial charge in [-0.05, 0) is 36.4 Å². The standard InChI is InChI=1S/C25H24FN3O4/c1-29(24(31)15-14-23(30)28-21-12-5-4-11-20(21)26)22-13-6-3-10-19(22)25(32)27-17-8-7-9-18(16-17)33-2/h3-13,16H,14-15H2,1-2H3,(H,27,32)(H,28,30). The summed E-state index contributed by atoms with van der Waals surface area (Å²) in [6.45, 7) is 0. The molecule has 0 atom stereocenters. The number of nitrogens with one attached hydrogen (secondary N) is 2. The lowest BCUT2D eigenvalue weighted by Gasteiger charge is -2.20. The summed E-state index contributed by atoms with van der Waals surface area (Å²) in [5.41, 5.74) is 1.31. The smallest absolute Gasteiger partial charge is 0.257 e. The van der Waals surface area contributed by atoms with Crippen LogP contribution in [-0.4, -0.2) is 31.9 Å². The number of amides is 3. The first-order chi connectivity index (χ1) is 15.9. The summed E-state index contributed by atoms with van der Waals surface area (Å²) in [7, 11) is 3.07. The fraction of sp³-hybridized carbons (Fsp3) is 0.160. The van der Waals surface area contributed by atoms with Crippen molar-refractivity contribution < 1.29 is 23.5 Å². The molecule has 0 saturated carbocycles. The highest BCUT2D eigenvalue weighted by atomic mass is 19.1. The topological polar surface area (TPSA) is 87.7 Å². The van der Waals surface area contributed by atoms with E-state index in [2.05, 4.69) is 10.6 Å². The summed E-state index contributed by atoms with van der Waals surface area (Å²) >= 11 is 0. The van der Waals surface area contributed by atoms with E-state index in [0.29, 0.717) is 22.7 Å². The van der Waals surface area contributed by atoms with Crippen molar-refractivity contribution in [3.8, 4) is 5.75 Å². The largest absolute Gasteiger partial charge is 0.497 e. The van der Waals surface area contributed by atoms with Crippen LogP contribution in [-0.2, 0) is 9.59 Å². The van der Waals surface area contributed by atoms with Crippen molar-refractivity contribution in [1.82, 2.24) is 0 Å². The van der Waals surface area contributed by atoms with E-state index < -0.39 is 17.6 Å². The predicted molar refractivity (Wildman–Crippen MR) is 125 cm³/mol. The van der Waals surface area contributed by atoms with Gasteiger partial charge in [-0.25, -0.2) is 4.39 Å². The number of hydrogen-bond acceptors (Lipinski definition) is 4.